The van der Waals surface area contributed by atoms with Gasteiger partial charge in [-0.25, -0.2) is 4.79 Å². The Kier molecular flexibility index (Phi) is 5.32. The molecule has 0 unspecified atom stereocenters. The number of hydrogen-bond donors (Lipinski definition) is 1. The number of esters is 1. The van der Waals surface area contributed by atoms with Crippen molar-refractivity contribution in [3.63, 3.8) is 0 Å². The molecule has 1 aromatic carbocycles. The van der Waals surface area contributed by atoms with Crippen LogP contribution in [0.1, 0.15) is 22.3 Å². The lowest BCUT2D eigenvalue weighted by Crippen LogP contribution is -2.06. The molecule has 92 valence electrons. The number of anilines is 1. The maximum atomic E-state index is 11.4. The zero-order valence-corrected chi connectivity index (χ0v) is 10.9. The zero-order valence-electron chi connectivity index (χ0n) is 9.37. The van der Waals surface area contributed by atoms with Crippen molar-refractivity contribution in [1.29, 1.82) is 0 Å². The third-order valence-electron chi connectivity index (χ3n) is 2.15. The molecule has 0 amide bonds. The predicted molar refractivity (Wildman–Crippen MR) is 71.6 cm³/mol. The number of methoxy groups -OCH3 is 1. The van der Waals surface area contributed by atoms with Gasteiger partial charge in [0.15, 0.2) is 0 Å². The van der Waals surface area contributed by atoms with Gasteiger partial charge >= 0.3 is 5.97 Å². The average molecular weight is 274 g/mol. The predicted octanol–water partition coefficient (Wildman–Crippen LogP) is 3.35. The first kappa shape index (κ1) is 13.9. The maximum absolute atomic E-state index is 11.4. The largest absolute Gasteiger partial charge is 0.465 e. The number of carbonyl (C=O) groups excluding carboxylic acids is 1. The highest BCUT2D eigenvalue weighted by molar-refractivity contribution is 6.32. The van der Waals surface area contributed by atoms with E-state index >= 15 is 0 Å². The van der Waals surface area contributed by atoms with Crippen molar-refractivity contribution >= 4 is 40.9 Å². The molecule has 0 bridgehead atoms. The lowest BCUT2D eigenvalue weighted by molar-refractivity contribution is 0.0602. The molecule has 0 heterocycles. The van der Waals surface area contributed by atoms with Gasteiger partial charge in [-0.3, -0.25) is 0 Å². The van der Waals surface area contributed by atoms with Gasteiger partial charge in [0.25, 0.3) is 0 Å². The van der Waals surface area contributed by atoms with Crippen molar-refractivity contribution in [2.45, 2.75) is 6.42 Å². The number of hydrogen-bond acceptors (Lipinski definition) is 3. The number of carbonyl (C=O) groups is 1. The third kappa shape index (κ3) is 3.65. The van der Waals surface area contributed by atoms with Crippen LogP contribution in [-0.2, 0) is 4.74 Å². The lowest BCUT2D eigenvalue weighted by atomic mass is 10.1. The fourth-order valence-corrected chi connectivity index (χ4v) is 1.65. The fourth-order valence-electron chi connectivity index (χ4n) is 1.29. The summed E-state index contributed by atoms with van der Waals surface area (Å²) in [4.78, 5) is 11.4. The Labute approximate surface area is 110 Å². The first-order chi connectivity index (χ1) is 8.10. The van der Waals surface area contributed by atoms with E-state index in [4.69, 9.17) is 28.9 Å². The Bertz CT molecular complexity index is 444. The number of alkyl halides is 1. The Balaban J connectivity index is 3.10. The molecule has 0 fully saturated rings. The summed E-state index contributed by atoms with van der Waals surface area (Å²) in [7, 11) is 1.30. The topological polar surface area (TPSA) is 52.3 Å². The highest BCUT2D eigenvalue weighted by atomic mass is 35.5. The van der Waals surface area contributed by atoms with Gasteiger partial charge in [-0.05, 0) is 24.1 Å². The van der Waals surface area contributed by atoms with Crippen molar-refractivity contribution in [1.82, 2.24) is 0 Å². The second-order valence-electron chi connectivity index (χ2n) is 3.33. The van der Waals surface area contributed by atoms with Crippen molar-refractivity contribution in [3.8, 4) is 0 Å². The van der Waals surface area contributed by atoms with E-state index in [1.54, 1.807) is 12.1 Å². The third-order valence-corrected chi connectivity index (χ3v) is 2.69. The van der Waals surface area contributed by atoms with Crippen molar-refractivity contribution in [3.05, 3.63) is 34.4 Å². The van der Waals surface area contributed by atoms with Crippen LogP contribution in [0.15, 0.2) is 18.2 Å². The standard InChI is InChI=1S/C12H13Cl2NO2/c1-17-12(16)9-6-8(4-2-3-5-13)10(14)7-11(9)15/h2,4,6-7H,3,5,15H2,1H3. The smallest absolute Gasteiger partial charge is 0.339 e. The summed E-state index contributed by atoms with van der Waals surface area (Å²) in [5.41, 5.74) is 7.02. The zero-order chi connectivity index (χ0) is 12.8. The molecular formula is C12H13Cl2NO2. The quantitative estimate of drug-likeness (QED) is 0.520. The van der Waals surface area contributed by atoms with E-state index in [1.807, 2.05) is 6.08 Å². The molecule has 5 heteroatoms. The van der Waals surface area contributed by atoms with Gasteiger partial charge in [-0.15, -0.1) is 11.6 Å². The van der Waals surface area contributed by atoms with E-state index in [-0.39, 0.29) is 0 Å². The molecule has 0 aliphatic heterocycles. The number of benzene rings is 1. The molecule has 0 spiro atoms. The van der Waals surface area contributed by atoms with Gasteiger partial charge in [-0.2, -0.15) is 0 Å². The molecule has 0 aliphatic rings. The van der Waals surface area contributed by atoms with Crippen LogP contribution in [-0.4, -0.2) is 19.0 Å². The monoisotopic (exact) mass is 273 g/mol. The number of rotatable bonds is 4. The molecule has 0 saturated carbocycles. The Morgan fingerprint density at radius 2 is 2.24 bits per heavy atom. The van der Waals surface area contributed by atoms with Crippen LogP contribution in [0.3, 0.4) is 0 Å². The van der Waals surface area contributed by atoms with Crippen molar-refractivity contribution in [2.24, 2.45) is 0 Å². The molecule has 0 atom stereocenters. The average Bonchev–Trinajstić information content (AvgIpc) is 2.31. The number of halogens is 2. The van der Waals surface area contributed by atoms with Crippen molar-refractivity contribution < 1.29 is 9.53 Å². The van der Waals surface area contributed by atoms with E-state index in [9.17, 15) is 4.79 Å². The summed E-state index contributed by atoms with van der Waals surface area (Å²) >= 11 is 11.6. The van der Waals surface area contributed by atoms with E-state index in [2.05, 4.69) is 4.74 Å². The molecular weight excluding hydrogens is 261 g/mol. The lowest BCUT2D eigenvalue weighted by Gasteiger charge is -2.06. The van der Waals surface area contributed by atoms with Gasteiger partial charge in [0, 0.05) is 16.6 Å². The number of nitrogen functional groups attached to an aromatic ring is 1. The van der Waals surface area contributed by atoms with Crippen LogP contribution in [0.4, 0.5) is 5.69 Å². The summed E-state index contributed by atoms with van der Waals surface area (Å²) in [6, 6.07) is 3.14. The molecule has 0 aromatic heterocycles. The van der Waals surface area contributed by atoms with Gasteiger partial charge < -0.3 is 10.5 Å². The maximum Gasteiger partial charge on any atom is 0.339 e. The molecule has 17 heavy (non-hydrogen) atoms. The second-order valence-corrected chi connectivity index (χ2v) is 4.12. The van der Waals surface area contributed by atoms with E-state index < -0.39 is 5.97 Å². The Morgan fingerprint density at radius 3 is 2.82 bits per heavy atom. The Morgan fingerprint density at radius 1 is 1.53 bits per heavy atom. The van der Waals surface area contributed by atoms with Crippen molar-refractivity contribution in [2.75, 3.05) is 18.7 Å². The summed E-state index contributed by atoms with van der Waals surface area (Å²) < 4.78 is 4.63. The minimum absolute atomic E-state index is 0.302. The minimum Gasteiger partial charge on any atom is -0.465 e. The molecule has 0 radical (unpaired) electrons. The van der Waals surface area contributed by atoms with E-state index in [0.29, 0.717) is 27.7 Å². The summed E-state index contributed by atoms with van der Waals surface area (Å²) in [5, 5.41) is 0.487. The van der Waals surface area contributed by atoms with Gasteiger partial charge in [0.05, 0.1) is 12.7 Å². The normalized spacial score (nSPS) is 10.8. The van der Waals surface area contributed by atoms with Crippen LogP contribution in [0.25, 0.3) is 6.08 Å². The Hall–Kier alpha value is -1.19. The molecule has 0 saturated heterocycles. The van der Waals surface area contributed by atoms with Gasteiger partial charge in [0.2, 0.25) is 0 Å². The summed E-state index contributed by atoms with van der Waals surface area (Å²) in [5.74, 6) is 0.0543. The summed E-state index contributed by atoms with van der Waals surface area (Å²) in [6.07, 6.45) is 4.41. The highest BCUT2D eigenvalue weighted by Gasteiger charge is 2.12. The minimum atomic E-state index is -0.480. The number of ether oxygens (including phenoxy) is 1. The van der Waals surface area contributed by atoms with Crippen LogP contribution in [0, 0.1) is 0 Å². The first-order valence-electron chi connectivity index (χ1n) is 5.00. The molecule has 2 N–H and O–H groups in total. The molecule has 1 rings (SSSR count). The molecule has 1 aromatic rings. The van der Waals surface area contributed by atoms with Crippen LogP contribution >= 0.6 is 23.2 Å². The molecule has 3 nitrogen and oxygen atoms in total. The van der Waals surface area contributed by atoms with Crippen LogP contribution < -0.4 is 5.73 Å². The van der Waals surface area contributed by atoms with E-state index in [0.717, 1.165) is 6.42 Å². The summed E-state index contributed by atoms with van der Waals surface area (Å²) in [6.45, 7) is 0. The van der Waals surface area contributed by atoms with Gasteiger partial charge in [0.1, 0.15) is 0 Å². The van der Waals surface area contributed by atoms with Crippen LogP contribution in [0.5, 0.6) is 0 Å². The fraction of sp³-hybridized carbons (Fsp3) is 0.250. The highest BCUT2D eigenvalue weighted by Crippen LogP contribution is 2.25. The second kappa shape index (κ2) is 6.52. The molecule has 0 aliphatic carbocycles. The van der Waals surface area contributed by atoms with Crippen LogP contribution in [0.2, 0.25) is 5.02 Å². The number of nitrogens with two attached hydrogens (primary N) is 1. The first-order valence-corrected chi connectivity index (χ1v) is 5.91. The SMILES string of the molecule is COC(=O)c1cc(C=CCCCl)c(Cl)cc1N. The van der Waals surface area contributed by atoms with Gasteiger partial charge in [-0.1, -0.05) is 23.8 Å². The van der Waals surface area contributed by atoms with E-state index in [1.165, 1.54) is 13.2 Å². The number of allylic oxidation sites excluding steroid dienone is 1.